The van der Waals surface area contributed by atoms with E-state index in [9.17, 15) is 9.59 Å². The summed E-state index contributed by atoms with van der Waals surface area (Å²) in [5.41, 5.74) is 3.54. The first-order valence-electron chi connectivity index (χ1n) is 14.4. The van der Waals surface area contributed by atoms with Gasteiger partial charge in [0, 0.05) is 55.6 Å². The van der Waals surface area contributed by atoms with Crippen LogP contribution in [0.25, 0.3) is 44.5 Å². The summed E-state index contributed by atoms with van der Waals surface area (Å²) in [6.07, 6.45) is 4.69. The second kappa shape index (κ2) is 11.9. The zero-order chi connectivity index (χ0) is 30.1. The highest BCUT2D eigenvalue weighted by Crippen LogP contribution is 2.41. The van der Waals surface area contributed by atoms with Crippen molar-refractivity contribution < 1.29 is 13.9 Å². The standard InChI is InChI=1S/C35H35N3O5/c1-36(2)18-19-37-16-14-23(15-17-37)32-30(41-3)21-31(42-4)33-28(39)20-29(43-35(32)33)26-22-38(24-10-6-5-7-11-24)27-13-9-8-12-25(27)34(26)40/h5-14,20-22H,15-19H2,1-4H3. The molecule has 2 aromatic heterocycles. The molecule has 0 unspecified atom stereocenters. The molecule has 1 aliphatic heterocycles. The number of ether oxygens (including phenoxy) is 2. The number of fused-ring (bicyclic) bond motifs is 2. The summed E-state index contributed by atoms with van der Waals surface area (Å²) in [4.78, 5) is 32.3. The number of pyridine rings is 1. The van der Waals surface area contributed by atoms with Gasteiger partial charge in [-0.15, -0.1) is 0 Å². The SMILES string of the molecule is COc1cc(OC)c2c(=O)cc(-c3cn(-c4ccccc4)c4ccccc4c3=O)oc2c1C1=CCN(CCN(C)C)CC1. The first-order chi connectivity index (χ1) is 20.9. The Labute approximate surface area is 250 Å². The number of methoxy groups -OCH3 is 2. The van der Waals surface area contributed by atoms with Crippen LogP contribution in [0.4, 0.5) is 0 Å². The van der Waals surface area contributed by atoms with Crippen molar-refractivity contribution in [2.24, 2.45) is 0 Å². The van der Waals surface area contributed by atoms with E-state index >= 15 is 0 Å². The fraction of sp³-hybridized carbons (Fsp3) is 0.257. The fourth-order valence-corrected chi connectivity index (χ4v) is 5.78. The van der Waals surface area contributed by atoms with E-state index in [1.54, 1.807) is 25.4 Å². The average Bonchev–Trinajstić information content (AvgIpc) is 3.04. The smallest absolute Gasteiger partial charge is 0.200 e. The Morgan fingerprint density at radius 1 is 0.930 bits per heavy atom. The molecule has 43 heavy (non-hydrogen) atoms. The minimum atomic E-state index is -0.292. The van der Waals surface area contributed by atoms with Crippen LogP contribution in [-0.4, -0.2) is 68.9 Å². The maximum atomic E-state index is 13.9. The molecule has 1 aliphatic rings. The van der Waals surface area contributed by atoms with Crippen LogP contribution in [0.3, 0.4) is 0 Å². The van der Waals surface area contributed by atoms with Crippen LogP contribution < -0.4 is 20.3 Å². The third-order valence-corrected chi connectivity index (χ3v) is 8.06. The van der Waals surface area contributed by atoms with Crippen molar-refractivity contribution in [3.05, 3.63) is 105 Å². The minimum Gasteiger partial charge on any atom is -0.496 e. The molecule has 0 spiro atoms. The lowest BCUT2D eigenvalue weighted by Crippen LogP contribution is -2.34. The molecule has 8 nitrogen and oxygen atoms in total. The summed E-state index contributed by atoms with van der Waals surface area (Å²) < 4.78 is 20.0. The first-order valence-corrected chi connectivity index (χ1v) is 14.4. The molecule has 0 saturated carbocycles. The number of benzene rings is 3. The molecule has 3 heterocycles. The second-order valence-electron chi connectivity index (χ2n) is 11.0. The Kier molecular flexibility index (Phi) is 7.88. The molecule has 0 aliphatic carbocycles. The fourth-order valence-electron chi connectivity index (χ4n) is 5.78. The Morgan fingerprint density at radius 3 is 2.37 bits per heavy atom. The van der Waals surface area contributed by atoms with Crippen LogP contribution in [0.1, 0.15) is 12.0 Å². The molecule has 0 N–H and O–H groups in total. The molecule has 220 valence electrons. The van der Waals surface area contributed by atoms with Crippen molar-refractivity contribution in [3.63, 3.8) is 0 Å². The lowest BCUT2D eigenvalue weighted by atomic mass is 9.95. The lowest BCUT2D eigenvalue weighted by Gasteiger charge is -2.28. The van der Waals surface area contributed by atoms with Gasteiger partial charge in [-0.1, -0.05) is 36.4 Å². The normalized spacial score (nSPS) is 13.9. The van der Waals surface area contributed by atoms with Crippen molar-refractivity contribution in [1.29, 1.82) is 0 Å². The van der Waals surface area contributed by atoms with E-state index < -0.39 is 0 Å². The average molecular weight is 578 g/mol. The summed E-state index contributed by atoms with van der Waals surface area (Å²) in [6.45, 7) is 3.58. The van der Waals surface area contributed by atoms with E-state index in [4.69, 9.17) is 13.9 Å². The molecular formula is C35H35N3O5. The van der Waals surface area contributed by atoms with Gasteiger partial charge >= 0.3 is 0 Å². The molecular weight excluding hydrogens is 542 g/mol. The van der Waals surface area contributed by atoms with Crippen LogP contribution in [0, 0.1) is 0 Å². The van der Waals surface area contributed by atoms with E-state index in [1.807, 2.05) is 53.1 Å². The third-order valence-electron chi connectivity index (χ3n) is 8.06. The topological polar surface area (TPSA) is 77.1 Å². The Hall–Kier alpha value is -4.66. The summed E-state index contributed by atoms with van der Waals surface area (Å²) in [7, 11) is 7.26. The first kappa shape index (κ1) is 28.5. The van der Waals surface area contributed by atoms with E-state index in [0.29, 0.717) is 39.0 Å². The predicted molar refractivity (Wildman–Crippen MR) is 172 cm³/mol. The summed E-state index contributed by atoms with van der Waals surface area (Å²) in [5.74, 6) is 1.11. The van der Waals surface area contributed by atoms with E-state index in [2.05, 4.69) is 30.0 Å². The quantitative estimate of drug-likeness (QED) is 0.243. The van der Waals surface area contributed by atoms with Crippen molar-refractivity contribution in [1.82, 2.24) is 14.4 Å². The number of para-hydroxylation sites is 2. The molecule has 8 heteroatoms. The molecule has 0 saturated heterocycles. The van der Waals surface area contributed by atoms with Gasteiger partial charge in [0.15, 0.2) is 16.4 Å². The highest BCUT2D eigenvalue weighted by molar-refractivity contribution is 5.97. The highest BCUT2D eigenvalue weighted by Gasteiger charge is 2.25. The Bertz CT molecular complexity index is 1960. The molecule has 0 radical (unpaired) electrons. The van der Waals surface area contributed by atoms with E-state index in [-0.39, 0.29) is 16.6 Å². The van der Waals surface area contributed by atoms with Gasteiger partial charge in [-0.2, -0.15) is 0 Å². The van der Waals surface area contributed by atoms with Crippen LogP contribution in [0.5, 0.6) is 11.5 Å². The highest BCUT2D eigenvalue weighted by atomic mass is 16.5. The molecule has 6 rings (SSSR count). The molecule has 0 amide bonds. The lowest BCUT2D eigenvalue weighted by molar-refractivity contribution is 0.260. The van der Waals surface area contributed by atoms with Crippen molar-refractivity contribution >= 4 is 27.4 Å². The van der Waals surface area contributed by atoms with Crippen LogP contribution in [-0.2, 0) is 0 Å². The van der Waals surface area contributed by atoms with Gasteiger partial charge in [0.2, 0.25) is 0 Å². The zero-order valence-electron chi connectivity index (χ0n) is 24.9. The van der Waals surface area contributed by atoms with Crippen molar-refractivity contribution in [3.8, 4) is 28.5 Å². The van der Waals surface area contributed by atoms with Gasteiger partial charge in [0.05, 0.1) is 30.9 Å². The summed E-state index contributed by atoms with van der Waals surface area (Å²) in [5, 5.41) is 0.852. The van der Waals surface area contributed by atoms with E-state index in [1.165, 1.54) is 13.2 Å². The number of nitrogens with zero attached hydrogens (tertiary/aromatic N) is 3. The van der Waals surface area contributed by atoms with Gasteiger partial charge in [0.25, 0.3) is 0 Å². The van der Waals surface area contributed by atoms with Gasteiger partial charge in [0.1, 0.15) is 22.6 Å². The Balaban J connectivity index is 1.58. The zero-order valence-corrected chi connectivity index (χ0v) is 24.9. The minimum absolute atomic E-state index is 0.193. The van der Waals surface area contributed by atoms with Gasteiger partial charge < -0.3 is 23.4 Å². The Morgan fingerprint density at radius 2 is 1.67 bits per heavy atom. The molecule has 0 atom stereocenters. The molecule has 5 aromatic rings. The number of rotatable bonds is 8. The maximum absolute atomic E-state index is 13.9. The van der Waals surface area contributed by atoms with Crippen molar-refractivity contribution in [2.45, 2.75) is 6.42 Å². The monoisotopic (exact) mass is 577 g/mol. The van der Waals surface area contributed by atoms with E-state index in [0.717, 1.165) is 49.4 Å². The number of hydrogen-bond donors (Lipinski definition) is 0. The maximum Gasteiger partial charge on any atom is 0.200 e. The van der Waals surface area contributed by atoms with Crippen LogP contribution in [0.2, 0.25) is 0 Å². The molecule has 0 fully saturated rings. The second-order valence-corrected chi connectivity index (χ2v) is 11.0. The van der Waals surface area contributed by atoms with Gasteiger partial charge in [-0.05, 0) is 50.4 Å². The largest absolute Gasteiger partial charge is 0.496 e. The number of hydrogen-bond acceptors (Lipinski definition) is 7. The van der Waals surface area contributed by atoms with Crippen molar-refractivity contribution in [2.75, 3.05) is 54.5 Å². The summed E-state index contributed by atoms with van der Waals surface area (Å²) >= 11 is 0. The van der Waals surface area contributed by atoms with Crippen LogP contribution >= 0.6 is 0 Å². The predicted octanol–water partition coefficient (Wildman–Crippen LogP) is 5.43. The molecule has 3 aromatic carbocycles. The van der Waals surface area contributed by atoms with Gasteiger partial charge in [-0.25, -0.2) is 0 Å². The number of likely N-dealkylation sites (N-methyl/N-ethyl adjacent to an activating group) is 1. The molecule has 0 bridgehead atoms. The van der Waals surface area contributed by atoms with Crippen LogP contribution in [0.15, 0.2) is 93.0 Å². The third kappa shape index (κ3) is 5.35. The van der Waals surface area contributed by atoms with Gasteiger partial charge in [-0.3, -0.25) is 14.5 Å². The summed E-state index contributed by atoms with van der Waals surface area (Å²) in [6, 6.07) is 20.4. The number of aromatic nitrogens is 1.